The lowest BCUT2D eigenvalue weighted by Crippen LogP contribution is -2.27. The van der Waals surface area contributed by atoms with E-state index in [4.69, 9.17) is 15.7 Å². The Morgan fingerprint density at radius 3 is 2.59 bits per heavy atom. The third-order valence-corrected chi connectivity index (χ3v) is 6.39. The van der Waals surface area contributed by atoms with E-state index in [0.29, 0.717) is 23.1 Å². The highest BCUT2D eigenvalue weighted by Gasteiger charge is 2.30. The number of anilines is 3. The lowest BCUT2D eigenvalue weighted by molar-refractivity contribution is 0.590. The van der Waals surface area contributed by atoms with Crippen molar-refractivity contribution in [2.75, 3.05) is 23.3 Å². The quantitative estimate of drug-likeness (QED) is 0.453. The largest absolute Gasteiger partial charge is 0.354 e. The van der Waals surface area contributed by atoms with Crippen LogP contribution in [0.1, 0.15) is 30.7 Å². The van der Waals surface area contributed by atoms with Crippen molar-refractivity contribution in [1.29, 1.82) is 0 Å². The van der Waals surface area contributed by atoms with Crippen molar-refractivity contribution in [2.24, 2.45) is 5.73 Å². The minimum absolute atomic E-state index is 0.104. The molecular formula is C25H23F2N7. The van der Waals surface area contributed by atoms with Crippen molar-refractivity contribution in [3.8, 4) is 11.4 Å². The van der Waals surface area contributed by atoms with E-state index in [1.165, 1.54) is 23.8 Å². The topological polar surface area (TPSA) is 92.8 Å². The minimum Gasteiger partial charge on any atom is -0.354 e. The zero-order valence-corrected chi connectivity index (χ0v) is 18.4. The Morgan fingerprint density at radius 1 is 1.03 bits per heavy atom. The van der Waals surface area contributed by atoms with Crippen LogP contribution in [0.15, 0.2) is 48.9 Å². The van der Waals surface area contributed by atoms with Crippen LogP contribution < -0.4 is 16.0 Å². The molecule has 1 aromatic carbocycles. The highest BCUT2D eigenvalue weighted by atomic mass is 19.1. The van der Waals surface area contributed by atoms with Crippen molar-refractivity contribution in [3.05, 3.63) is 66.1 Å². The third kappa shape index (κ3) is 3.81. The molecule has 0 spiro atoms. The number of aromatic nitrogens is 4. The summed E-state index contributed by atoms with van der Waals surface area (Å²) in [4.78, 5) is 20.7. The lowest BCUT2D eigenvalue weighted by atomic mass is 10.1. The summed E-state index contributed by atoms with van der Waals surface area (Å²) >= 11 is 0. The van der Waals surface area contributed by atoms with E-state index in [0.717, 1.165) is 49.1 Å². The fraction of sp³-hybridized carbons (Fsp3) is 0.280. The lowest BCUT2D eigenvalue weighted by Gasteiger charge is -2.21. The third-order valence-electron chi connectivity index (χ3n) is 6.39. The van der Waals surface area contributed by atoms with Crippen LogP contribution in [-0.2, 0) is 0 Å². The van der Waals surface area contributed by atoms with E-state index >= 15 is 0 Å². The van der Waals surface area contributed by atoms with Crippen LogP contribution in [0.3, 0.4) is 0 Å². The van der Waals surface area contributed by atoms with Crippen molar-refractivity contribution >= 4 is 28.2 Å². The molecule has 0 amide bonds. The zero-order chi connectivity index (χ0) is 23.2. The van der Waals surface area contributed by atoms with Gasteiger partial charge in [0.2, 0.25) is 0 Å². The summed E-state index contributed by atoms with van der Waals surface area (Å²) in [6, 6.07) is 7.27. The van der Waals surface area contributed by atoms with Crippen LogP contribution in [0.5, 0.6) is 0 Å². The minimum atomic E-state index is -0.694. The maximum atomic E-state index is 14.1. The Kier molecular flexibility index (Phi) is 5.06. The van der Waals surface area contributed by atoms with Crippen LogP contribution in [0, 0.1) is 11.6 Å². The molecular weight excluding hydrogens is 436 g/mol. The summed E-state index contributed by atoms with van der Waals surface area (Å²) in [5.74, 6) is 0.759. The Labute approximate surface area is 195 Å². The molecule has 9 heteroatoms. The Morgan fingerprint density at radius 2 is 1.85 bits per heavy atom. The van der Waals surface area contributed by atoms with Crippen molar-refractivity contribution in [3.63, 3.8) is 0 Å². The average Bonchev–Trinajstić information content (AvgIpc) is 3.60. The molecule has 3 N–H and O–H groups in total. The molecule has 1 saturated heterocycles. The number of hydrogen-bond donors (Lipinski definition) is 2. The second kappa shape index (κ2) is 8.25. The highest BCUT2D eigenvalue weighted by molar-refractivity contribution is 5.94. The van der Waals surface area contributed by atoms with E-state index in [2.05, 4.69) is 20.2 Å². The average molecular weight is 460 g/mol. The van der Waals surface area contributed by atoms with Gasteiger partial charge < -0.3 is 16.0 Å². The van der Waals surface area contributed by atoms with Gasteiger partial charge in [-0.3, -0.25) is 4.98 Å². The van der Waals surface area contributed by atoms with Gasteiger partial charge >= 0.3 is 0 Å². The van der Waals surface area contributed by atoms with Crippen molar-refractivity contribution < 1.29 is 8.78 Å². The van der Waals surface area contributed by atoms with Crippen LogP contribution in [0.4, 0.5) is 26.1 Å². The van der Waals surface area contributed by atoms with E-state index < -0.39 is 11.6 Å². The monoisotopic (exact) mass is 459 g/mol. The molecule has 1 atom stereocenters. The number of pyridine rings is 2. The number of fused-ring (bicyclic) bond motifs is 1. The second-order valence-corrected chi connectivity index (χ2v) is 8.91. The molecule has 1 saturated carbocycles. The highest BCUT2D eigenvalue weighted by Crippen LogP contribution is 2.45. The summed E-state index contributed by atoms with van der Waals surface area (Å²) in [5, 5.41) is 3.78. The number of rotatable bonds is 5. The fourth-order valence-electron chi connectivity index (χ4n) is 4.51. The van der Waals surface area contributed by atoms with Crippen LogP contribution >= 0.6 is 0 Å². The predicted octanol–water partition coefficient (Wildman–Crippen LogP) is 4.52. The number of nitrogens with two attached hydrogens (primary N) is 1. The number of benzene rings is 1. The smallest absolute Gasteiger partial charge is 0.162 e. The van der Waals surface area contributed by atoms with Gasteiger partial charge in [0.1, 0.15) is 29.0 Å². The SMILES string of the molecule is NC1CCN(c2nc(-c3ccnc(Nc4c(F)cccc4F)c3)nc3cncc(C4CC4)c23)C1. The fourth-order valence-corrected chi connectivity index (χ4v) is 4.51. The molecule has 2 fully saturated rings. The Balaban J connectivity index is 1.45. The summed E-state index contributed by atoms with van der Waals surface area (Å²) < 4.78 is 28.2. The molecule has 7 nitrogen and oxygen atoms in total. The molecule has 4 heterocycles. The number of nitrogens with one attached hydrogen (secondary N) is 1. The van der Waals surface area contributed by atoms with Crippen molar-refractivity contribution in [2.45, 2.75) is 31.2 Å². The van der Waals surface area contributed by atoms with Crippen molar-refractivity contribution in [1.82, 2.24) is 19.9 Å². The molecule has 1 aliphatic heterocycles. The van der Waals surface area contributed by atoms with Gasteiger partial charge in [-0.05, 0) is 55.0 Å². The zero-order valence-electron chi connectivity index (χ0n) is 18.4. The Hall–Kier alpha value is -3.72. The first-order valence-electron chi connectivity index (χ1n) is 11.4. The van der Waals surface area contributed by atoms with Gasteiger partial charge in [0, 0.05) is 42.5 Å². The van der Waals surface area contributed by atoms with Crippen LogP contribution in [0.25, 0.3) is 22.3 Å². The number of hydrogen-bond acceptors (Lipinski definition) is 7. The standard InChI is InChI=1S/C25H23F2N7/c26-18-2-1-3-19(27)23(18)32-21-10-15(6-8-30-21)24-31-20-12-29-11-17(14-4-5-14)22(20)25(33-24)34-9-7-16(28)13-34/h1-3,6,8,10-12,14,16H,4-5,7,9,13,28H2,(H,30,32). The predicted molar refractivity (Wildman–Crippen MR) is 127 cm³/mol. The van der Waals surface area contributed by atoms with E-state index in [1.54, 1.807) is 24.5 Å². The van der Waals surface area contributed by atoms with Gasteiger partial charge in [0.15, 0.2) is 5.82 Å². The van der Waals surface area contributed by atoms with Gasteiger partial charge in [0.25, 0.3) is 0 Å². The maximum Gasteiger partial charge on any atom is 0.162 e. The summed E-state index contributed by atoms with van der Waals surface area (Å²) in [5.41, 5.74) is 8.59. The first kappa shape index (κ1) is 20.9. The van der Waals surface area contributed by atoms with E-state index in [1.807, 2.05) is 6.20 Å². The molecule has 0 bridgehead atoms. The number of nitrogens with zero attached hydrogens (tertiary/aromatic N) is 5. The normalized spacial score (nSPS) is 18.0. The molecule has 172 valence electrons. The molecule has 1 unspecified atom stereocenters. The molecule has 6 rings (SSSR count). The molecule has 4 aromatic rings. The molecule has 3 aromatic heterocycles. The van der Waals surface area contributed by atoms with Crippen LogP contribution in [0.2, 0.25) is 0 Å². The van der Waals surface area contributed by atoms with Gasteiger partial charge in [-0.15, -0.1) is 0 Å². The maximum absolute atomic E-state index is 14.1. The summed E-state index contributed by atoms with van der Waals surface area (Å²) in [7, 11) is 0. The summed E-state index contributed by atoms with van der Waals surface area (Å²) in [6.45, 7) is 1.56. The molecule has 0 radical (unpaired) electrons. The van der Waals surface area contributed by atoms with Gasteiger partial charge in [-0.25, -0.2) is 23.7 Å². The van der Waals surface area contributed by atoms with Gasteiger partial charge in [0.05, 0.1) is 11.7 Å². The van der Waals surface area contributed by atoms with Gasteiger partial charge in [-0.1, -0.05) is 6.07 Å². The Bertz CT molecular complexity index is 1370. The first-order chi connectivity index (χ1) is 16.6. The number of halogens is 2. The first-order valence-corrected chi connectivity index (χ1v) is 11.4. The van der Waals surface area contributed by atoms with Crippen LogP contribution in [-0.4, -0.2) is 39.1 Å². The molecule has 34 heavy (non-hydrogen) atoms. The molecule has 2 aliphatic rings. The van der Waals surface area contributed by atoms with E-state index in [-0.39, 0.29) is 11.7 Å². The molecule has 1 aliphatic carbocycles. The number of para-hydroxylation sites is 1. The van der Waals surface area contributed by atoms with E-state index in [9.17, 15) is 8.78 Å². The summed E-state index contributed by atoms with van der Waals surface area (Å²) in [6.07, 6.45) is 8.46. The second-order valence-electron chi connectivity index (χ2n) is 8.91. The van der Waals surface area contributed by atoms with Gasteiger partial charge in [-0.2, -0.15) is 0 Å².